The third kappa shape index (κ3) is 1.59. The van der Waals surface area contributed by atoms with Crippen molar-refractivity contribution in [1.82, 2.24) is 4.68 Å². The predicted molar refractivity (Wildman–Crippen MR) is 63.2 cm³/mol. The smallest absolute Gasteiger partial charge is 0.339 e. The highest BCUT2D eigenvalue weighted by Crippen LogP contribution is 2.19. The molecule has 0 radical (unpaired) electrons. The minimum Gasteiger partial charge on any atom is -0.478 e. The lowest BCUT2D eigenvalue weighted by Gasteiger charge is -2.09. The second kappa shape index (κ2) is 3.91. The first-order chi connectivity index (χ1) is 8.45. The molecule has 0 unspecified atom stereocenters. The number of nitrogens with zero attached hydrogens (tertiary/aromatic N) is 2. The van der Waals surface area contributed by atoms with E-state index < -0.39 is 11.8 Å². The highest BCUT2D eigenvalue weighted by molar-refractivity contribution is 5.93. The van der Waals surface area contributed by atoms with E-state index in [-0.39, 0.29) is 22.1 Å². The number of rotatable bonds is 1. The summed E-state index contributed by atoms with van der Waals surface area (Å²) in [6, 6.07) is 3.61. The van der Waals surface area contributed by atoms with Crippen molar-refractivity contribution >= 4 is 22.6 Å². The number of aromatic carboxylic acids is 1. The molecular weight excluding hydrogens is 241 g/mol. The minimum atomic E-state index is -1.27. The number of carboxylic acid groups (broad SMARTS) is 1. The molecule has 0 amide bonds. The molecule has 0 spiro atoms. The predicted octanol–water partition coefficient (Wildman–Crippen LogP) is -0.451. The topological polar surface area (TPSA) is 133 Å². The van der Waals surface area contributed by atoms with Gasteiger partial charge in [0.15, 0.2) is 5.49 Å². The van der Waals surface area contributed by atoms with Gasteiger partial charge in [0.2, 0.25) is 0 Å². The van der Waals surface area contributed by atoms with Gasteiger partial charge in [-0.25, -0.2) is 13.9 Å². The molecule has 7 nitrogen and oxygen atoms in total. The molecule has 0 aliphatic carbocycles. The average Bonchev–Trinajstić information content (AvgIpc) is 2.31. The third-order valence-electron chi connectivity index (χ3n) is 2.53. The molecule has 0 aliphatic rings. The van der Waals surface area contributed by atoms with E-state index in [2.05, 4.69) is 5.10 Å². The largest absolute Gasteiger partial charge is 0.478 e. The highest BCUT2D eigenvalue weighted by atomic mass is 19.1. The second-order valence-corrected chi connectivity index (χ2v) is 3.62. The average molecular weight is 251 g/mol. The van der Waals surface area contributed by atoms with E-state index in [4.69, 9.17) is 22.5 Å². The lowest BCUT2D eigenvalue weighted by molar-refractivity contribution is 0.0694. The van der Waals surface area contributed by atoms with E-state index in [9.17, 15) is 9.18 Å². The first-order valence-corrected chi connectivity index (χ1v) is 4.82. The van der Waals surface area contributed by atoms with Crippen LogP contribution in [-0.2, 0) is 0 Å². The van der Waals surface area contributed by atoms with Crippen molar-refractivity contribution in [3.05, 3.63) is 35.1 Å². The van der Waals surface area contributed by atoms with Crippen LogP contribution >= 0.6 is 0 Å². The summed E-state index contributed by atoms with van der Waals surface area (Å²) in [4.78, 5) is 11.0. The first-order valence-electron chi connectivity index (χ1n) is 4.82. The van der Waals surface area contributed by atoms with Crippen LogP contribution in [0.2, 0.25) is 0 Å². The zero-order valence-electron chi connectivity index (χ0n) is 9.09. The number of halogens is 1. The molecule has 1 heterocycles. The molecule has 0 fully saturated rings. The summed E-state index contributed by atoms with van der Waals surface area (Å²) in [5.41, 5.74) is 5.28. The number of aromatic nitrogens is 1. The summed E-state index contributed by atoms with van der Waals surface area (Å²) in [6.07, 6.45) is 0. The van der Waals surface area contributed by atoms with E-state index in [1.54, 1.807) is 0 Å². The second-order valence-electron chi connectivity index (χ2n) is 3.62. The number of nitrogens with two attached hydrogens (primary N) is 3. The molecule has 0 saturated heterocycles. The van der Waals surface area contributed by atoms with Crippen molar-refractivity contribution in [2.45, 2.75) is 0 Å². The van der Waals surface area contributed by atoms with Crippen molar-refractivity contribution in [2.24, 2.45) is 10.9 Å². The van der Waals surface area contributed by atoms with Crippen molar-refractivity contribution < 1.29 is 14.3 Å². The van der Waals surface area contributed by atoms with Crippen LogP contribution in [0, 0.1) is 5.82 Å². The molecule has 8 heteroatoms. The van der Waals surface area contributed by atoms with Crippen LogP contribution in [0.3, 0.4) is 0 Å². The van der Waals surface area contributed by atoms with E-state index >= 15 is 0 Å². The molecule has 2 rings (SSSR count). The fraction of sp³-hybridized carbons (Fsp3) is 0. The van der Waals surface area contributed by atoms with Gasteiger partial charge in [0.25, 0.3) is 0 Å². The Morgan fingerprint density at radius 1 is 1.39 bits per heavy atom. The number of pyridine rings is 1. The van der Waals surface area contributed by atoms with Crippen LogP contribution < -0.4 is 22.9 Å². The van der Waals surface area contributed by atoms with Crippen LogP contribution in [0.15, 0.2) is 23.3 Å². The molecule has 1 aromatic heterocycles. The Morgan fingerprint density at radius 2 is 2.06 bits per heavy atom. The van der Waals surface area contributed by atoms with Gasteiger partial charge in [-0.1, -0.05) is 0 Å². The summed E-state index contributed by atoms with van der Waals surface area (Å²) in [6.45, 7) is 0. The standard InChI is InChI=1S/C10H10FN5O2/c11-6-2-4-1-5(10(17)18)9(15-13)16(14)8(4)3-7(6)12/h1-3H,12-14H2,(H,17,18)/b15-9-. The zero-order chi connectivity index (χ0) is 13.4. The SMILES string of the molecule is N/N=c1/c(C(=O)O)cc2cc(F)c(N)cc2n1N. The van der Waals surface area contributed by atoms with E-state index in [0.717, 1.165) is 10.7 Å². The molecule has 2 aromatic rings. The van der Waals surface area contributed by atoms with E-state index in [1.165, 1.54) is 12.1 Å². The van der Waals surface area contributed by atoms with E-state index in [1.807, 2.05) is 0 Å². The Balaban J connectivity index is 3.01. The van der Waals surface area contributed by atoms with Gasteiger partial charge in [0.1, 0.15) is 11.4 Å². The van der Waals surface area contributed by atoms with Crippen molar-refractivity contribution in [3.63, 3.8) is 0 Å². The van der Waals surface area contributed by atoms with Crippen LogP contribution in [0.4, 0.5) is 10.1 Å². The Kier molecular flexibility index (Phi) is 2.55. The highest BCUT2D eigenvalue weighted by Gasteiger charge is 2.13. The maximum Gasteiger partial charge on any atom is 0.339 e. The summed E-state index contributed by atoms with van der Waals surface area (Å²) >= 11 is 0. The quantitative estimate of drug-likeness (QED) is 0.309. The van der Waals surface area contributed by atoms with Gasteiger partial charge < -0.3 is 22.5 Å². The number of hydrogen-bond donors (Lipinski definition) is 4. The third-order valence-corrected chi connectivity index (χ3v) is 2.53. The summed E-state index contributed by atoms with van der Waals surface area (Å²) in [7, 11) is 0. The lowest BCUT2D eigenvalue weighted by atomic mass is 10.1. The molecule has 0 atom stereocenters. The maximum atomic E-state index is 13.3. The molecular formula is C10H10FN5O2. The maximum absolute atomic E-state index is 13.3. The number of carboxylic acids is 1. The Bertz CT molecular complexity index is 722. The van der Waals surface area contributed by atoms with Gasteiger partial charge in [-0.15, -0.1) is 0 Å². The number of nitrogen functional groups attached to an aromatic ring is 2. The Hall–Kier alpha value is -2.77. The molecule has 1 aromatic carbocycles. The molecule has 7 N–H and O–H groups in total. The van der Waals surface area contributed by atoms with Crippen molar-refractivity contribution in [3.8, 4) is 0 Å². The number of benzene rings is 1. The minimum absolute atomic E-state index is 0.104. The molecule has 0 aliphatic heterocycles. The summed E-state index contributed by atoms with van der Waals surface area (Å²) < 4.78 is 14.3. The fourth-order valence-corrected chi connectivity index (χ4v) is 1.67. The number of anilines is 1. The summed E-state index contributed by atoms with van der Waals surface area (Å²) in [5, 5.41) is 12.6. The first kappa shape index (κ1) is 11.7. The lowest BCUT2D eigenvalue weighted by Crippen LogP contribution is -2.34. The molecule has 18 heavy (non-hydrogen) atoms. The van der Waals surface area contributed by atoms with Crippen LogP contribution in [0.5, 0.6) is 0 Å². The van der Waals surface area contributed by atoms with E-state index in [0.29, 0.717) is 5.52 Å². The van der Waals surface area contributed by atoms with Crippen LogP contribution in [-0.4, -0.2) is 15.8 Å². The van der Waals surface area contributed by atoms with Gasteiger partial charge in [-0.3, -0.25) is 0 Å². The molecule has 0 bridgehead atoms. The zero-order valence-corrected chi connectivity index (χ0v) is 9.09. The molecule has 0 saturated carbocycles. The van der Waals surface area contributed by atoms with Gasteiger partial charge >= 0.3 is 5.97 Å². The normalized spacial score (nSPS) is 11.9. The van der Waals surface area contributed by atoms with Crippen LogP contribution in [0.1, 0.15) is 10.4 Å². The van der Waals surface area contributed by atoms with Crippen molar-refractivity contribution in [1.29, 1.82) is 0 Å². The Morgan fingerprint density at radius 3 is 2.61 bits per heavy atom. The van der Waals surface area contributed by atoms with Gasteiger partial charge in [-0.05, 0) is 18.2 Å². The van der Waals surface area contributed by atoms with Crippen molar-refractivity contribution in [2.75, 3.05) is 11.6 Å². The molecule has 94 valence electrons. The number of fused-ring (bicyclic) bond motifs is 1. The van der Waals surface area contributed by atoms with Gasteiger partial charge in [0.05, 0.1) is 11.2 Å². The Labute approximate surface area is 99.9 Å². The van der Waals surface area contributed by atoms with Gasteiger partial charge in [0, 0.05) is 5.39 Å². The number of hydrogen-bond acceptors (Lipinski definition) is 5. The number of carbonyl (C=O) groups is 1. The van der Waals surface area contributed by atoms with Gasteiger partial charge in [-0.2, -0.15) is 5.10 Å². The monoisotopic (exact) mass is 251 g/mol. The fourth-order valence-electron chi connectivity index (χ4n) is 1.67. The van der Waals surface area contributed by atoms with Crippen LogP contribution in [0.25, 0.3) is 10.9 Å². The summed E-state index contributed by atoms with van der Waals surface area (Å²) in [5.74, 6) is 8.87.